The van der Waals surface area contributed by atoms with Gasteiger partial charge in [-0.25, -0.2) is 17.9 Å². The number of ether oxygens (including phenoxy) is 1. The van der Waals surface area contributed by atoms with Crippen molar-refractivity contribution in [3.63, 3.8) is 0 Å². The zero-order valence-corrected chi connectivity index (χ0v) is 13.0. The Bertz CT molecular complexity index is 712. The Labute approximate surface area is 128 Å². The first-order valence-electron chi connectivity index (χ1n) is 6.73. The average Bonchev–Trinajstić information content (AvgIpc) is 2.91. The zero-order chi connectivity index (χ0) is 16.5. The molecule has 0 radical (unpaired) electrons. The Morgan fingerprint density at radius 2 is 1.82 bits per heavy atom. The van der Waals surface area contributed by atoms with Gasteiger partial charge in [0, 0.05) is 0 Å². The summed E-state index contributed by atoms with van der Waals surface area (Å²) >= 11 is 0. The lowest BCUT2D eigenvalue weighted by Crippen LogP contribution is -2.39. The molecule has 0 saturated carbocycles. The molecule has 1 aromatic rings. The summed E-state index contributed by atoms with van der Waals surface area (Å²) in [7, 11) is -4.00. The van der Waals surface area contributed by atoms with E-state index in [0.717, 1.165) is 11.1 Å². The number of carboxylic acids is 1. The van der Waals surface area contributed by atoms with Gasteiger partial charge < -0.3 is 9.84 Å². The molecule has 1 saturated heterocycles. The molecular weight excluding hydrogens is 310 g/mol. The maximum absolute atomic E-state index is 12.2. The SMILES string of the molecule is Cc1ccc(S(=O)(=O)NC(=O)[C@@H]2CC[C@H](C(=O)O)O2)cc1C. The summed E-state index contributed by atoms with van der Waals surface area (Å²) in [4.78, 5) is 22.7. The van der Waals surface area contributed by atoms with Crippen LogP contribution < -0.4 is 4.72 Å². The molecule has 0 unspecified atom stereocenters. The Hall–Kier alpha value is -1.93. The van der Waals surface area contributed by atoms with Crippen molar-refractivity contribution in [1.29, 1.82) is 0 Å². The van der Waals surface area contributed by atoms with Crippen molar-refractivity contribution < 1.29 is 27.9 Å². The summed E-state index contributed by atoms with van der Waals surface area (Å²) < 4.78 is 31.3. The van der Waals surface area contributed by atoms with Gasteiger partial charge in [-0.3, -0.25) is 4.79 Å². The molecule has 0 bridgehead atoms. The third-order valence-corrected chi connectivity index (χ3v) is 4.96. The van der Waals surface area contributed by atoms with Crippen molar-refractivity contribution in [2.45, 2.75) is 43.8 Å². The topological polar surface area (TPSA) is 110 Å². The summed E-state index contributed by atoms with van der Waals surface area (Å²) in [5.41, 5.74) is 1.73. The molecule has 2 atom stereocenters. The quantitative estimate of drug-likeness (QED) is 0.844. The van der Waals surface area contributed by atoms with E-state index in [-0.39, 0.29) is 17.7 Å². The van der Waals surface area contributed by atoms with Crippen LogP contribution in [0.25, 0.3) is 0 Å². The number of benzene rings is 1. The number of nitrogens with one attached hydrogen (secondary N) is 1. The standard InChI is InChI=1S/C14H17NO6S/c1-8-3-4-10(7-9(8)2)22(19,20)15-13(16)11-5-6-12(21-11)14(17)18/h3-4,7,11-12H,5-6H2,1-2H3,(H,15,16)(H,17,18)/t11-,12+/m0/s1. The second-order valence-corrected chi connectivity index (χ2v) is 6.93. The molecule has 2 N–H and O–H groups in total. The highest BCUT2D eigenvalue weighted by Crippen LogP contribution is 2.21. The fraction of sp³-hybridized carbons (Fsp3) is 0.429. The fourth-order valence-corrected chi connectivity index (χ4v) is 3.24. The van der Waals surface area contributed by atoms with Crippen LogP contribution in [-0.4, -0.2) is 37.6 Å². The molecule has 0 aliphatic carbocycles. The van der Waals surface area contributed by atoms with Crippen molar-refractivity contribution in [2.24, 2.45) is 0 Å². The normalized spacial score (nSPS) is 21.5. The summed E-state index contributed by atoms with van der Waals surface area (Å²) in [6, 6.07) is 4.54. The molecule has 2 rings (SSSR count). The highest BCUT2D eigenvalue weighted by Gasteiger charge is 2.36. The molecule has 1 fully saturated rings. The van der Waals surface area contributed by atoms with Crippen molar-refractivity contribution in [3.8, 4) is 0 Å². The van der Waals surface area contributed by atoms with Crippen LogP contribution in [0.15, 0.2) is 23.1 Å². The second-order valence-electron chi connectivity index (χ2n) is 5.24. The van der Waals surface area contributed by atoms with Crippen molar-refractivity contribution in [2.75, 3.05) is 0 Å². The van der Waals surface area contributed by atoms with E-state index >= 15 is 0 Å². The molecular formula is C14H17NO6S. The summed E-state index contributed by atoms with van der Waals surface area (Å²) in [6.45, 7) is 3.62. The third-order valence-electron chi connectivity index (χ3n) is 3.61. The first-order chi connectivity index (χ1) is 10.2. The van der Waals surface area contributed by atoms with Gasteiger partial charge in [-0.1, -0.05) is 6.07 Å². The van der Waals surface area contributed by atoms with Crippen LogP contribution in [0.2, 0.25) is 0 Å². The number of rotatable bonds is 4. The monoisotopic (exact) mass is 327 g/mol. The van der Waals surface area contributed by atoms with E-state index in [2.05, 4.69) is 0 Å². The van der Waals surface area contributed by atoms with Crippen LogP contribution in [0.4, 0.5) is 0 Å². The van der Waals surface area contributed by atoms with Crippen molar-refractivity contribution in [3.05, 3.63) is 29.3 Å². The van der Waals surface area contributed by atoms with E-state index < -0.39 is 34.1 Å². The molecule has 0 spiro atoms. The molecule has 22 heavy (non-hydrogen) atoms. The Morgan fingerprint density at radius 1 is 1.18 bits per heavy atom. The van der Waals surface area contributed by atoms with E-state index in [1.807, 2.05) is 11.6 Å². The van der Waals surface area contributed by atoms with Crippen LogP contribution in [0.1, 0.15) is 24.0 Å². The highest BCUT2D eigenvalue weighted by atomic mass is 32.2. The zero-order valence-electron chi connectivity index (χ0n) is 12.2. The van der Waals surface area contributed by atoms with Crippen LogP contribution in [0, 0.1) is 13.8 Å². The second kappa shape index (κ2) is 6.05. The molecule has 0 aromatic heterocycles. The average molecular weight is 327 g/mol. The molecule has 1 aliphatic rings. The number of sulfonamides is 1. The first kappa shape index (κ1) is 16.4. The van der Waals surface area contributed by atoms with Gasteiger partial charge in [0.05, 0.1) is 4.90 Å². The lowest BCUT2D eigenvalue weighted by molar-refractivity contribution is -0.151. The van der Waals surface area contributed by atoms with Gasteiger partial charge in [0.25, 0.3) is 15.9 Å². The number of amides is 1. The molecule has 1 aliphatic heterocycles. The van der Waals surface area contributed by atoms with Crippen LogP contribution in [-0.2, 0) is 24.3 Å². The lowest BCUT2D eigenvalue weighted by Gasteiger charge is -2.13. The van der Waals surface area contributed by atoms with Gasteiger partial charge >= 0.3 is 5.97 Å². The van der Waals surface area contributed by atoms with E-state index in [0.29, 0.717) is 0 Å². The minimum atomic E-state index is -4.00. The molecule has 120 valence electrons. The minimum absolute atomic E-state index is 0.0169. The smallest absolute Gasteiger partial charge is 0.332 e. The predicted molar refractivity (Wildman–Crippen MR) is 76.8 cm³/mol. The maximum Gasteiger partial charge on any atom is 0.332 e. The fourth-order valence-electron chi connectivity index (χ4n) is 2.15. The number of hydrogen-bond acceptors (Lipinski definition) is 5. The van der Waals surface area contributed by atoms with Gasteiger partial charge in [0.1, 0.15) is 6.10 Å². The first-order valence-corrected chi connectivity index (χ1v) is 8.21. The number of hydrogen-bond donors (Lipinski definition) is 2. The Morgan fingerprint density at radius 3 is 2.36 bits per heavy atom. The van der Waals surface area contributed by atoms with E-state index in [1.165, 1.54) is 12.1 Å². The van der Waals surface area contributed by atoms with E-state index in [9.17, 15) is 18.0 Å². The molecule has 1 aromatic carbocycles. The number of aliphatic carboxylic acids is 1. The summed E-state index contributed by atoms with van der Waals surface area (Å²) in [5, 5.41) is 8.80. The van der Waals surface area contributed by atoms with Gasteiger partial charge in [-0.2, -0.15) is 0 Å². The van der Waals surface area contributed by atoms with Crippen LogP contribution in [0.5, 0.6) is 0 Å². The number of carbonyl (C=O) groups is 2. The third kappa shape index (κ3) is 3.45. The molecule has 8 heteroatoms. The molecule has 1 heterocycles. The predicted octanol–water partition coefficient (Wildman–Crippen LogP) is 0.741. The van der Waals surface area contributed by atoms with Crippen LogP contribution in [0.3, 0.4) is 0 Å². The van der Waals surface area contributed by atoms with Gasteiger partial charge in [0.15, 0.2) is 6.10 Å². The van der Waals surface area contributed by atoms with Crippen molar-refractivity contribution >= 4 is 21.9 Å². The van der Waals surface area contributed by atoms with Crippen molar-refractivity contribution in [1.82, 2.24) is 4.72 Å². The largest absolute Gasteiger partial charge is 0.479 e. The summed E-state index contributed by atoms with van der Waals surface area (Å²) in [6.07, 6.45) is -1.79. The molecule has 1 amide bonds. The Kier molecular flexibility index (Phi) is 4.52. The van der Waals surface area contributed by atoms with Crippen LogP contribution >= 0.6 is 0 Å². The van der Waals surface area contributed by atoms with Gasteiger partial charge in [0.2, 0.25) is 0 Å². The minimum Gasteiger partial charge on any atom is -0.479 e. The highest BCUT2D eigenvalue weighted by molar-refractivity contribution is 7.90. The van der Waals surface area contributed by atoms with E-state index in [4.69, 9.17) is 9.84 Å². The number of carbonyl (C=O) groups excluding carboxylic acids is 1. The van der Waals surface area contributed by atoms with Gasteiger partial charge in [-0.05, 0) is 49.9 Å². The summed E-state index contributed by atoms with van der Waals surface area (Å²) in [5.74, 6) is -2.01. The molecule has 7 nitrogen and oxygen atoms in total. The number of aryl methyl sites for hydroxylation is 2. The number of carboxylic acid groups (broad SMARTS) is 1. The maximum atomic E-state index is 12.2. The van der Waals surface area contributed by atoms with Gasteiger partial charge in [-0.15, -0.1) is 0 Å². The Balaban J connectivity index is 2.10. The lowest BCUT2D eigenvalue weighted by atomic mass is 10.1. The van der Waals surface area contributed by atoms with E-state index in [1.54, 1.807) is 13.0 Å².